The SMILES string of the molecule is CC(=O)Nc1ccc(F)c(NC(=O)c2cc3cnn(C(C)C)c3nc2C)c1. The predicted octanol–water partition coefficient (Wildman–Crippen LogP) is 3.67. The van der Waals surface area contributed by atoms with Crippen LogP contribution < -0.4 is 10.6 Å². The molecule has 0 atom stereocenters. The van der Waals surface area contributed by atoms with Gasteiger partial charge in [-0.2, -0.15) is 5.10 Å². The molecule has 140 valence electrons. The van der Waals surface area contributed by atoms with Crippen molar-refractivity contribution < 1.29 is 14.0 Å². The van der Waals surface area contributed by atoms with Crippen molar-refractivity contribution in [3.05, 3.63) is 47.5 Å². The Labute approximate surface area is 155 Å². The van der Waals surface area contributed by atoms with Gasteiger partial charge in [-0.15, -0.1) is 0 Å². The number of amides is 2. The van der Waals surface area contributed by atoms with E-state index in [1.807, 2.05) is 13.8 Å². The Morgan fingerprint density at radius 2 is 1.93 bits per heavy atom. The maximum atomic E-state index is 14.1. The van der Waals surface area contributed by atoms with E-state index < -0.39 is 11.7 Å². The zero-order chi connectivity index (χ0) is 19.7. The van der Waals surface area contributed by atoms with Crippen LogP contribution in [0.4, 0.5) is 15.8 Å². The third kappa shape index (κ3) is 3.79. The summed E-state index contributed by atoms with van der Waals surface area (Å²) in [7, 11) is 0. The summed E-state index contributed by atoms with van der Waals surface area (Å²) in [4.78, 5) is 28.3. The molecule has 0 aliphatic carbocycles. The van der Waals surface area contributed by atoms with E-state index >= 15 is 0 Å². The lowest BCUT2D eigenvalue weighted by Crippen LogP contribution is -2.16. The van der Waals surface area contributed by atoms with Gasteiger partial charge in [-0.1, -0.05) is 0 Å². The fraction of sp³-hybridized carbons (Fsp3) is 0.263. The van der Waals surface area contributed by atoms with Crippen LogP contribution in [0.2, 0.25) is 0 Å². The highest BCUT2D eigenvalue weighted by atomic mass is 19.1. The maximum Gasteiger partial charge on any atom is 0.257 e. The Morgan fingerprint density at radius 1 is 1.19 bits per heavy atom. The maximum absolute atomic E-state index is 14.1. The Balaban J connectivity index is 1.92. The summed E-state index contributed by atoms with van der Waals surface area (Å²) >= 11 is 0. The first-order chi connectivity index (χ1) is 12.8. The summed E-state index contributed by atoms with van der Waals surface area (Å²) in [5.74, 6) is -1.37. The molecule has 1 aromatic carbocycles. The topological polar surface area (TPSA) is 88.9 Å². The summed E-state index contributed by atoms with van der Waals surface area (Å²) in [5.41, 5.74) is 1.90. The normalized spacial score (nSPS) is 11.0. The van der Waals surface area contributed by atoms with Gasteiger partial charge in [0.1, 0.15) is 5.82 Å². The van der Waals surface area contributed by atoms with Crippen LogP contribution in [0.1, 0.15) is 42.9 Å². The fourth-order valence-electron chi connectivity index (χ4n) is 2.77. The zero-order valence-corrected chi connectivity index (χ0v) is 15.5. The molecule has 27 heavy (non-hydrogen) atoms. The number of nitrogens with zero attached hydrogens (tertiary/aromatic N) is 3. The number of hydrogen-bond acceptors (Lipinski definition) is 4. The number of nitrogens with one attached hydrogen (secondary N) is 2. The first kappa shape index (κ1) is 18.5. The van der Waals surface area contributed by atoms with Crippen molar-refractivity contribution in [1.82, 2.24) is 14.8 Å². The van der Waals surface area contributed by atoms with E-state index in [0.29, 0.717) is 22.6 Å². The van der Waals surface area contributed by atoms with E-state index in [-0.39, 0.29) is 17.6 Å². The lowest BCUT2D eigenvalue weighted by molar-refractivity contribution is -0.114. The average Bonchev–Trinajstić information content (AvgIpc) is 2.99. The second kappa shape index (κ2) is 7.14. The van der Waals surface area contributed by atoms with Crippen LogP contribution in [0.3, 0.4) is 0 Å². The van der Waals surface area contributed by atoms with E-state index in [1.54, 1.807) is 23.9 Å². The molecule has 2 heterocycles. The minimum Gasteiger partial charge on any atom is -0.326 e. The van der Waals surface area contributed by atoms with Crippen molar-refractivity contribution >= 4 is 34.2 Å². The van der Waals surface area contributed by atoms with Crippen LogP contribution in [-0.4, -0.2) is 26.6 Å². The highest BCUT2D eigenvalue weighted by Crippen LogP contribution is 2.23. The van der Waals surface area contributed by atoms with Gasteiger partial charge in [0.2, 0.25) is 5.91 Å². The van der Waals surface area contributed by atoms with Gasteiger partial charge in [-0.05, 0) is 45.0 Å². The summed E-state index contributed by atoms with van der Waals surface area (Å²) in [6.07, 6.45) is 1.65. The third-order valence-electron chi connectivity index (χ3n) is 4.03. The van der Waals surface area contributed by atoms with Crippen LogP contribution in [0.25, 0.3) is 11.0 Å². The Kier molecular flexibility index (Phi) is 4.89. The van der Waals surface area contributed by atoms with Gasteiger partial charge < -0.3 is 10.6 Å². The number of aromatic nitrogens is 3. The molecule has 0 fully saturated rings. The van der Waals surface area contributed by atoms with E-state index in [1.165, 1.54) is 25.1 Å². The van der Waals surface area contributed by atoms with Crippen molar-refractivity contribution in [1.29, 1.82) is 0 Å². The first-order valence-electron chi connectivity index (χ1n) is 8.49. The predicted molar refractivity (Wildman–Crippen MR) is 101 cm³/mol. The second-order valence-electron chi connectivity index (χ2n) is 6.55. The van der Waals surface area contributed by atoms with Crippen LogP contribution in [0.15, 0.2) is 30.5 Å². The fourth-order valence-corrected chi connectivity index (χ4v) is 2.77. The van der Waals surface area contributed by atoms with Gasteiger partial charge in [-0.25, -0.2) is 14.1 Å². The van der Waals surface area contributed by atoms with Crippen molar-refractivity contribution in [2.75, 3.05) is 10.6 Å². The Bertz CT molecular complexity index is 1040. The number of fused-ring (bicyclic) bond motifs is 1. The standard InChI is InChI=1S/C19H20FN5O2/c1-10(2)25-18-13(9-21-25)7-15(11(3)22-18)19(27)24-17-8-14(23-12(4)26)5-6-16(17)20/h5-10H,1-4H3,(H,23,26)(H,24,27). The molecular weight excluding hydrogens is 349 g/mol. The summed E-state index contributed by atoms with van der Waals surface area (Å²) in [6.45, 7) is 7.06. The number of carbonyl (C=O) groups is 2. The molecule has 3 aromatic rings. The number of benzene rings is 1. The molecule has 0 spiro atoms. The Hall–Kier alpha value is -3.29. The van der Waals surface area contributed by atoms with Gasteiger partial charge >= 0.3 is 0 Å². The highest BCUT2D eigenvalue weighted by Gasteiger charge is 2.17. The number of anilines is 2. The molecule has 2 aromatic heterocycles. The molecule has 2 amide bonds. The molecule has 0 aliphatic rings. The number of aryl methyl sites for hydroxylation is 1. The first-order valence-corrected chi connectivity index (χ1v) is 8.49. The highest BCUT2D eigenvalue weighted by molar-refractivity contribution is 6.07. The van der Waals surface area contributed by atoms with Gasteiger partial charge in [0.15, 0.2) is 5.65 Å². The number of rotatable bonds is 4. The number of hydrogen-bond donors (Lipinski definition) is 2. The number of carbonyl (C=O) groups excluding carboxylic acids is 2. The largest absolute Gasteiger partial charge is 0.326 e. The molecule has 0 radical (unpaired) electrons. The molecule has 0 bridgehead atoms. The van der Waals surface area contributed by atoms with Crippen molar-refractivity contribution in [3.8, 4) is 0 Å². The molecule has 0 unspecified atom stereocenters. The zero-order valence-electron chi connectivity index (χ0n) is 15.5. The smallest absolute Gasteiger partial charge is 0.257 e. The van der Waals surface area contributed by atoms with Crippen LogP contribution >= 0.6 is 0 Å². The Morgan fingerprint density at radius 3 is 2.59 bits per heavy atom. The van der Waals surface area contributed by atoms with Crippen molar-refractivity contribution in [2.24, 2.45) is 0 Å². The molecule has 2 N–H and O–H groups in total. The molecule has 0 saturated heterocycles. The van der Waals surface area contributed by atoms with Crippen molar-refractivity contribution in [3.63, 3.8) is 0 Å². The summed E-state index contributed by atoms with van der Waals surface area (Å²) in [6, 6.07) is 5.80. The van der Waals surface area contributed by atoms with Gasteiger partial charge in [0.05, 0.1) is 23.1 Å². The lowest BCUT2D eigenvalue weighted by atomic mass is 10.1. The lowest BCUT2D eigenvalue weighted by Gasteiger charge is -2.11. The minimum absolute atomic E-state index is 0.0244. The number of pyridine rings is 1. The molecule has 3 rings (SSSR count). The molecule has 7 nitrogen and oxygen atoms in total. The quantitative estimate of drug-likeness (QED) is 0.734. The van der Waals surface area contributed by atoms with E-state index in [9.17, 15) is 14.0 Å². The minimum atomic E-state index is -0.600. The molecular formula is C19H20FN5O2. The van der Waals surface area contributed by atoms with E-state index in [2.05, 4.69) is 20.7 Å². The average molecular weight is 369 g/mol. The van der Waals surface area contributed by atoms with Crippen LogP contribution in [-0.2, 0) is 4.79 Å². The van der Waals surface area contributed by atoms with Crippen LogP contribution in [0.5, 0.6) is 0 Å². The summed E-state index contributed by atoms with van der Waals surface area (Å²) in [5, 5.41) is 10.1. The van der Waals surface area contributed by atoms with Gasteiger partial charge in [0, 0.05) is 24.0 Å². The van der Waals surface area contributed by atoms with E-state index in [0.717, 1.165) is 5.39 Å². The van der Waals surface area contributed by atoms with Crippen molar-refractivity contribution in [2.45, 2.75) is 33.7 Å². The number of halogens is 1. The summed E-state index contributed by atoms with van der Waals surface area (Å²) < 4.78 is 15.9. The third-order valence-corrected chi connectivity index (χ3v) is 4.03. The van der Waals surface area contributed by atoms with Gasteiger partial charge in [-0.3, -0.25) is 9.59 Å². The molecule has 0 saturated carbocycles. The van der Waals surface area contributed by atoms with Gasteiger partial charge in [0.25, 0.3) is 5.91 Å². The molecule has 0 aliphatic heterocycles. The second-order valence-corrected chi connectivity index (χ2v) is 6.55. The monoisotopic (exact) mass is 369 g/mol. The van der Waals surface area contributed by atoms with E-state index in [4.69, 9.17) is 0 Å². The molecule has 8 heteroatoms. The van der Waals surface area contributed by atoms with Crippen LogP contribution in [0, 0.1) is 12.7 Å².